The fraction of sp³-hybridized carbons (Fsp3) is 0.111. The molecular formula is C18H16N6O. The summed E-state index contributed by atoms with van der Waals surface area (Å²) in [5.74, 6) is 1.56. The van der Waals surface area contributed by atoms with Gasteiger partial charge < -0.3 is 15.4 Å². The summed E-state index contributed by atoms with van der Waals surface area (Å²) in [6.07, 6.45) is 1.53. The molecule has 0 aliphatic rings. The zero-order valence-corrected chi connectivity index (χ0v) is 13.8. The molecule has 0 saturated carbocycles. The molecule has 1 heterocycles. The van der Waals surface area contributed by atoms with Crippen LogP contribution >= 0.6 is 0 Å². The van der Waals surface area contributed by atoms with Crippen molar-refractivity contribution in [2.75, 3.05) is 17.7 Å². The summed E-state index contributed by atoms with van der Waals surface area (Å²) >= 11 is 0. The molecule has 0 atom stereocenters. The lowest BCUT2D eigenvalue weighted by molar-refractivity contribution is 0.416. The lowest BCUT2D eigenvalue weighted by atomic mass is 10.2. The molecule has 0 unspecified atom stereocenters. The Balaban J connectivity index is 1.82. The van der Waals surface area contributed by atoms with Gasteiger partial charge in [0.05, 0.1) is 30.6 Å². The lowest BCUT2D eigenvalue weighted by Gasteiger charge is -2.12. The molecule has 0 aliphatic heterocycles. The fourth-order valence-corrected chi connectivity index (χ4v) is 2.27. The van der Waals surface area contributed by atoms with Gasteiger partial charge in [0.25, 0.3) is 0 Å². The van der Waals surface area contributed by atoms with Gasteiger partial charge in [0.15, 0.2) is 5.82 Å². The van der Waals surface area contributed by atoms with Crippen molar-refractivity contribution >= 4 is 23.1 Å². The Morgan fingerprint density at radius 3 is 2.80 bits per heavy atom. The van der Waals surface area contributed by atoms with Gasteiger partial charge in [-0.15, -0.1) is 5.10 Å². The number of hydrogen-bond acceptors (Lipinski definition) is 7. The molecule has 2 N–H and O–H groups in total. The van der Waals surface area contributed by atoms with E-state index in [1.54, 1.807) is 25.3 Å². The fourth-order valence-electron chi connectivity index (χ4n) is 2.27. The van der Waals surface area contributed by atoms with Crippen molar-refractivity contribution < 1.29 is 4.74 Å². The first-order valence-corrected chi connectivity index (χ1v) is 7.56. The van der Waals surface area contributed by atoms with E-state index < -0.39 is 0 Å². The van der Waals surface area contributed by atoms with Crippen LogP contribution in [-0.4, -0.2) is 22.3 Å². The summed E-state index contributed by atoms with van der Waals surface area (Å²) in [4.78, 5) is 4.39. The minimum atomic E-state index is 0.326. The highest BCUT2D eigenvalue weighted by Crippen LogP contribution is 2.28. The van der Waals surface area contributed by atoms with Crippen molar-refractivity contribution in [2.24, 2.45) is 0 Å². The molecule has 7 heteroatoms. The van der Waals surface area contributed by atoms with Crippen LogP contribution in [0.4, 0.5) is 23.1 Å². The van der Waals surface area contributed by atoms with Crippen LogP contribution in [-0.2, 0) is 0 Å². The number of aromatic nitrogens is 3. The summed E-state index contributed by atoms with van der Waals surface area (Å²) in [7, 11) is 1.61. The van der Waals surface area contributed by atoms with Gasteiger partial charge in [-0.2, -0.15) is 15.3 Å². The van der Waals surface area contributed by atoms with E-state index in [9.17, 15) is 0 Å². The van der Waals surface area contributed by atoms with Crippen molar-refractivity contribution in [3.8, 4) is 11.8 Å². The molecule has 0 fully saturated rings. The number of nitriles is 1. The molecule has 0 aliphatic carbocycles. The Morgan fingerprint density at radius 1 is 1.12 bits per heavy atom. The van der Waals surface area contributed by atoms with Gasteiger partial charge in [-0.3, -0.25) is 0 Å². The maximum Gasteiger partial charge on any atom is 0.249 e. The quantitative estimate of drug-likeness (QED) is 0.737. The highest BCUT2D eigenvalue weighted by molar-refractivity contribution is 5.65. The molecule has 0 radical (unpaired) electrons. The number of methoxy groups -OCH3 is 1. The molecule has 124 valence electrons. The zero-order chi connectivity index (χ0) is 17.6. The third-order valence-corrected chi connectivity index (χ3v) is 3.42. The second-order valence-corrected chi connectivity index (χ2v) is 5.31. The van der Waals surface area contributed by atoms with Gasteiger partial charge in [-0.25, -0.2) is 0 Å². The third kappa shape index (κ3) is 4.00. The molecule has 2 aromatic carbocycles. The first-order valence-electron chi connectivity index (χ1n) is 7.56. The van der Waals surface area contributed by atoms with Gasteiger partial charge in [-0.05, 0) is 42.8 Å². The van der Waals surface area contributed by atoms with Crippen molar-refractivity contribution in [3.63, 3.8) is 0 Å². The number of anilines is 4. The van der Waals surface area contributed by atoms with E-state index in [-0.39, 0.29) is 0 Å². The van der Waals surface area contributed by atoms with Crippen molar-refractivity contribution in [1.82, 2.24) is 15.2 Å². The van der Waals surface area contributed by atoms with E-state index in [0.717, 1.165) is 11.3 Å². The number of hydrogen-bond donors (Lipinski definition) is 2. The van der Waals surface area contributed by atoms with Crippen molar-refractivity contribution in [3.05, 3.63) is 59.8 Å². The highest BCUT2D eigenvalue weighted by atomic mass is 16.5. The standard InChI is InChI=1S/C18H16N6O/c1-12-6-7-16(25-2)15(8-12)22-17-11-20-24-18(23-17)21-14-5-3-4-13(9-14)10-19/h3-9,11H,1-2H3,(H2,21,22,23,24). The average molecular weight is 332 g/mol. The Hall–Kier alpha value is -3.66. The van der Waals surface area contributed by atoms with Crippen LogP contribution in [0.5, 0.6) is 5.75 Å². The minimum Gasteiger partial charge on any atom is -0.495 e. The second-order valence-electron chi connectivity index (χ2n) is 5.31. The number of nitrogens with one attached hydrogen (secondary N) is 2. The van der Waals surface area contributed by atoms with Crippen LogP contribution in [0.2, 0.25) is 0 Å². The Morgan fingerprint density at radius 2 is 2.00 bits per heavy atom. The monoisotopic (exact) mass is 332 g/mol. The van der Waals surface area contributed by atoms with E-state index in [1.165, 1.54) is 6.20 Å². The van der Waals surface area contributed by atoms with Gasteiger partial charge >= 0.3 is 0 Å². The molecule has 0 saturated heterocycles. The number of rotatable bonds is 5. The molecule has 3 rings (SSSR count). The van der Waals surface area contributed by atoms with Crippen LogP contribution in [0.1, 0.15) is 11.1 Å². The second kappa shape index (κ2) is 7.27. The third-order valence-electron chi connectivity index (χ3n) is 3.42. The SMILES string of the molecule is COc1ccc(C)cc1Nc1cnnc(Nc2cccc(C#N)c2)n1. The number of aryl methyl sites for hydroxylation is 1. The van der Waals surface area contributed by atoms with E-state index in [4.69, 9.17) is 10.00 Å². The van der Waals surface area contributed by atoms with Crippen LogP contribution in [0.25, 0.3) is 0 Å². The van der Waals surface area contributed by atoms with E-state index in [2.05, 4.69) is 31.9 Å². The predicted molar refractivity (Wildman–Crippen MR) is 95.3 cm³/mol. The normalized spacial score (nSPS) is 9.96. The Kier molecular flexibility index (Phi) is 4.72. The van der Waals surface area contributed by atoms with Gasteiger partial charge in [0.1, 0.15) is 5.75 Å². The summed E-state index contributed by atoms with van der Waals surface area (Å²) in [6.45, 7) is 2.00. The van der Waals surface area contributed by atoms with Gasteiger partial charge in [0.2, 0.25) is 5.95 Å². The van der Waals surface area contributed by atoms with Crippen molar-refractivity contribution in [1.29, 1.82) is 5.26 Å². The summed E-state index contributed by atoms with van der Waals surface area (Å²) < 4.78 is 5.35. The molecule has 3 aromatic rings. The average Bonchev–Trinajstić information content (AvgIpc) is 2.62. The summed E-state index contributed by atoms with van der Waals surface area (Å²) in [5, 5.41) is 23.1. The van der Waals surface area contributed by atoms with Gasteiger partial charge in [0, 0.05) is 5.69 Å². The molecular weight excluding hydrogens is 316 g/mol. The van der Waals surface area contributed by atoms with Crippen molar-refractivity contribution in [2.45, 2.75) is 6.92 Å². The molecule has 25 heavy (non-hydrogen) atoms. The molecule has 0 spiro atoms. The molecule has 1 aromatic heterocycles. The van der Waals surface area contributed by atoms with Crippen LogP contribution < -0.4 is 15.4 Å². The van der Waals surface area contributed by atoms with Gasteiger partial charge in [-0.1, -0.05) is 12.1 Å². The summed E-state index contributed by atoms with van der Waals surface area (Å²) in [6, 6.07) is 15.0. The predicted octanol–water partition coefficient (Wildman–Crippen LogP) is 3.55. The Labute approximate surface area is 145 Å². The first kappa shape index (κ1) is 16.2. The van der Waals surface area contributed by atoms with Crippen LogP contribution in [0.3, 0.4) is 0 Å². The van der Waals surface area contributed by atoms with Crippen LogP contribution in [0, 0.1) is 18.3 Å². The molecule has 0 bridgehead atoms. The summed E-state index contributed by atoms with van der Waals surface area (Å²) in [5.41, 5.74) is 3.15. The topological polar surface area (TPSA) is 95.8 Å². The number of benzene rings is 2. The maximum absolute atomic E-state index is 8.96. The molecule has 0 amide bonds. The Bertz CT molecular complexity index is 935. The minimum absolute atomic E-state index is 0.326. The first-order chi connectivity index (χ1) is 12.2. The zero-order valence-electron chi connectivity index (χ0n) is 13.8. The van der Waals surface area contributed by atoms with E-state index in [1.807, 2.05) is 31.2 Å². The maximum atomic E-state index is 8.96. The van der Waals surface area contributed by atoms with E-state index in [0.29, 0.717) is 28.8 Å². The molecule has 7 nitrogen and oxygen atoms in total. The van der Waals surface area contributed by atoms with Crippen LogP contribution in [0.15, 0.2) is 48.7 Å². The smallest absolute Gasteiger partial charge is 0.249 e. The largest absolute Gasteiger partial charge is 0.495 e. The van der Waals surface area contributed by atoms with E-state index >= 15 is 0 Å². The number of ether oxygens (including phenoxy) is 1. The lowest BCUT2D eigenvalue weighted by Crippen LogP contribution is -2.03. The number of nitrogens with zero attached hydrogens (tertiary/aromatic N) is 4. The highest BCUT2D eigenvalue weighted by Gasteiger charge is 2.07.